The van der Waals surface area contributed by atoms with Crippen molar-refractivity contribution in [2.45, 2.75) is 39.2 Å². The first kappa shape index (κ1) is 13.8. The number of nitrogens with one attached hydrogen (secondary N) is 2. The molecule has 0 spiro atoms. The van der Waals surface area contributed by atoms with Crippen LogP contribution in [0.1, 0.15) is 33.1 Å². The Morgan fingerprint density at radius 2 is 2.06 bits per heavy atom. The third-order valence-electron chi connectivity index (χ3n) is 4.41. The van der Waals surface area contributed by atoms with Crippen molar-refractivity contribution in [1.82, 2.24) is 15.5 Å². The van der Waals surface area contributed by atoms with Gasteiger partial charge in [0.1, 0.15) is 0 Å². The van der Waals surface area contributed by atoms with Crippen molar-refractivity contribution in [3.05, 3.63) is 0 Å². The summed E-state index contributed by atoms with van der Waals surface area (Å²) in [6, 6.07) is 0.404. The molecule has 0 saturated carbocycles. The lowest BCUT2D eigenvalue weighted by Crippen LogP contribution is -2.52. The van der Waals surface area contributed by atoms with E-state index in [0.29, 0.717) is 12.0 Å². The van der Waals surface area contributed by atoms with Crippen LogP contribution in [0, 0.1) is 11.8 Å². The number of amides is 1. The third kappa shape index (κ3) is 3.45. The molecule has 4 nitrogen and oxygen atoms in total. The second-order valence-corrected chi connectivity index (χ2v) is 5.83. The highest BCUT2D eigenvalue weighted by atomic mass is 16.1. The first-order valence-electron chi connectivity index (χ1n) is 7.44. The van der Waals surface area contributed by atoms with Crippen molar-refractivity contribution in [3.63, 3.8) is 0 Å². The van der Waals surface area contributed by atoms with E-state index in [1.807, 2.05) is 0 Å². The lowest BCUT2D eigenvalue weighted by molar-refractivity contribution is -0.127. The van der Waals surface area contributed by atoms with E-state index in [9.17, 15) is 4.79 Å². The van der Waals surface area contributed by atoms with Crippen LogP contribution in [0.4, 0.5) is 0 Å². The Morgan fingerprint density at radius 3 is 2.56 bits per heavy atom. The van der Waals surface area contributed by atoms with Gasteiger partial charge in [0.2, 0.25) is 5.91 Å². The van der Waals surface area contributed by atoms with Gasteiger partial charge in [0, 0.05) is 25.0 Å². The summed E-state index contributed by atoms with van der Waals surface area (Å²) in [5.41, 5.74) is 0. The summed E-state index contributed by atoms with van der Waals surface area (Å²) in [6.45, 7) is 9.77. The van der Waals surface area contributed by atoms with Crippen LogP contribution < -0.4 is 10.6 Å². The molecule has 2 heterocycles. The SMILES string of the molecule is CCCN1CCC(NC(=O)C(C)C2CNC2)CC1. The van der Waals surface area contributed by atoms with E-state index in [4.69, 9.17) is 0 Å². The smallest absolute Gasteiger partial charge is 0.223 e. The van der Waals surface area contributed by atoms with Gasteiger partial charge in [0.15, 0.2) is 0 Å². The van der Waals surface area contributed by atoms with Gasteiger partial charge >= 0.3 is 0 Å². The number of piperidine rings is 1. The van der Waals surface area contributed by atoms with Crippen LogP contribution in [0.2, 0.25) is 0 Å². The molecule has 0 aromatic heterocycles. The summed E-state index contributed by atoms with van der Waals surface area (Å²) < 4.78 is 0. The minimum absolute atomic E-state index is 0.167. The Hall–Kier alpha value is -0.610. The molecule has 0 radical (unpaired) electrons. The number of rotatable bonds is 5. The highest BCUT2D eigenvalue weighted by molar-refractivity contribution is 5.79. The zero-order chi connectivity index (χ0) is 13.0. The molecule has 0 aliphatic carbocycles. The molecule has 1 amide bonds. The average Bonchev–Trinajstić information content (AvgIpc) is 2.29. The van der Waals surface area contributed by atoms with Crippen LogP contribution in [0.15, 0.2) is 0 Å². The van der Waals surface area contributed by atoms with Crippen molar-refractivity contribution in [2.75, 3.05) is 32.7 Å². The van der Waals surface area contributed by atoms with Crippen molar-refractivity contribution in [1.29, 1.82) is 0 Å². The van der Waals surface area contributed by atoms with Gasteiger partial charge in [-0.15, -0.1) is 0 Å². The van der Waals surface area contributed by atoms with E-state index < -0.39 is 0 Å². The molecule has 0 aromatic carbocycles. The molecule has 2 aliphatic rings. The molecule has 0 bridgehead atoms. The van der Waals surface area contributed by atoms with E-state index in [0.717, 1.165) is 39.0 Å². The van der Waals surface area contributed by atoms with E-state index in [-0.39, 0.29) is 11.8 Å². The van der Waals surface area contributed by atoms with Gasteiger partial charge in [-0.25, -0.2) is 0 Å². The molecule has 0 aromatic rings. The van der Waals surface area contributed by atoms with Gasteiger partial charge in [-0.3, -0.25) is 4.79 Å². The molecular formula is C14H27N3O. The molecule has 2 rings (SSSR count). The summed E-state index contributed by atoms with van der Waals surface area (Å²) in [6.07, 6.45) is 3.45. The van der Waals surface area contributed by atoms with Gasteiger partial charge in [0.05, 0.1) is 0 Å². The summed E-state index contributed by atoms with van der Waals surface area (Å²) in [4.78, 5) is 14.6. The highest BCUT2D eigenvalue weighted by Gasteiger charge is 2.30. The average molecular weight is 253 g/mol. The zero-order valence-electron chi connectivity index (χ0n) is 11.7. The number of hydrogen-bond acceptors (Lipinski definition) is 3. The molecule has 2 N–H and O–H groups in total. The Morgan fingerprint density at radius 1 is 1.39 bits per heavy atom. The lowest BCUT2D eigenvalue weighted by Gasteiger charge is -2.35. The van der Waals surface area contributed by atoms with Crippen molar-refractivity contribution < 1.29 is 4.79 Å². The van der Waals surface area contributed by atoms with Crippen LogP contribution in [-0.4, -0.2) is 49.6 Å². The predicted molar refractivity (Wildman–Crippen MR) is 73.4 cm³/mol. The van der Waals surface area contributed by atoms with Crippen molar-refractivity contribution in [2.24, 2.45) is 11.8 Å². The molecule has 18 heavy (non-hydrogen) atoms. The normalized spacial score (nSPS) is 24.6. The number of carbonyl (C=O) groups excluding carboxylic acids is 1. The highest BCUT2D eigenvalue weighted by Crippen LogP contribution is 2.17. The van der Waals surface area contributed by atoms with Crippen molar-refractivity contribution >= 4 is 5.91 Å². The predicted octanol–water partition coefficient (Wildman–Crippen LogP) is 0.833. The van der Waals surface area contributed by atoms with Crippen LogP contribution in [-0.2, 0) is 4.79 Å². The fourth-order valence-electron chi connectivity index (χ4n) is 2.83. The first-order chi connectivity index (χ1) is 8.70. The zero-order valence-corrected chi connectivity index (χ0v) is 11.7. The Kier molecular flexibility index (Phi) is 5.01. The van der Waals surface area contributed by atoms with Gasteiger partial charge in [-0.2, -0.15) is 0 Å². The summed E-state index contributed by atoms with van der Waals surface area (Å²) in [7, 11) is 0. The number of likely N-dealkylation sites (tertiary alicyclic amines) is 1. The quantitative estimate of drug-likeness (QED) is 0.763. The van der Waals surface area contributed by atoms with E-state index in [2.05, 4.69) is 29.4 Å². The maximum absolute atomic E-state index is 12.1. The molecule has 104 valence electrons. The van der Waals surface area contributed by atoms with Crippen LogP contribution in [0.5, 0.6) is 0 Å². The molecule has 2 saturated heterocycles. The number of nitrogens with zero attached hydrogens (tertiary/aromatic N) is 1. The monoisotopic (exact) mass is 253 g/mol. The fourth-order valence-corrected chi connectivity index (χ4v) is 2.83. The van der Waals surface area contributed by atoms with Gasteiger partial charge in [-0.05, 0) is 44.8 Å². The first-order valence-corrected chi connectivity index (χ1v) is 7.44. The molecule has 1 atom stereocenters. The summed E-state index contributed by atoms with van der Waals surface area (Å²) in [5.74, 6) is 0.973. The minimum Gasteiger partial charge on any atom is -0.353 e. The molecule has 1 unspecified atom stereocenters. The molecule has 2 fully saturated rings. The summed E-state index contributed by atoms with van der Waals surface area (Å²) in [5, 5.41) is 6.47. The largest absolute Gasteiger partial charge is 0.353 e. The van der Waals surface area contributed by atoms with Crippen LogP contribution >= 0.6 is 0 Å². The van der Waals surface area contributed by atoms with Gasteiger partial charge < -0.3 is 15.5 Å². The molecule has 2 aliphatic heterocycles. The van der Waals surface area contributed by atoms with Crippen LogP contribution in [0.3, 0.4) is 0 Å². The van der Waals surface area contributed by atoms with E-state index in [1.54, 1.807) is 0 Å². The maximum Gasteiger partial charge on any atom is 0.223 e. The Balaban J connectivity index is 1.68. The molecular weight excluding hydrogens is 226 g/mol. The van der Waals surface area contributed by atoms with Crippen molar-refractivity contribution in [3.8, 4) is 0 Å². The second kappa shape index (κ2) is 6.53. The minimum atomic E-state index is 0.167. The molecule has 4 heteroatoms. The Labute approximate surface area is 110 Å². The van der Waals surface area contributed by atoms with E-state index >= 15 is 0 Å². The van der Waals surface area contributed by atoms with E-state index in [1.165, 1.54) is 13.0 Å². The second-order valence-electron chi connectivity index (χ2n) is 5.83. The van der Waals surface area contributed by atoms with Crippen LogP contribution in [0.25, 0.3) is 0 Å². The third-order valence-corrected chi connectivity index (χ3v) is 4.41. The maximum atomic E-state index is 12.1. The van der Waals surface area contributed by atoms with Gasteiger partial charge in [0.25, 0.3) is 0 Å². The summed E-state index contributed by atoms with van der Waals surface area (Å²) >= 11 is 0. The van der Waals surface area contributed by atoms with Gasteiger partial charge in [-0.1, -0.05) is 13.8 Å². The number of hydrogen-bond donors (Lipinski definition) is 2. The standard InChI is InChI=1S/C14H27N3O/c1-3-6-17-7-4-13(5-8-17)16-14(18)11(2)12-9-15-10-12/h11-13,15H,3-10H2,1-2H3,(H,16,18). The Bertz CT molecular complexity index is 270. The topological polar surface area (TPSA) is 44.4 Å². The number of carbonyl (C=O) groups is 1. The lowest BCUT2D eigenvalue weighted by atomic mass is 9.88. The fraction of sp³-hybridized carbons (Fsp3) is 0.929.